The zero-order valence-corrected chi connectivity index (χ0v) is 12.1. The van der Waals surface area contributed by atoms with E-state index in [0.29, 0.717) is 6.54 Å². The molecule has 0 aliphatic rings. The highest BCUT2D eigenvalue weighted by molar-refractivity contribution is 7.10. The van der Waals surface area contributed by atoms with Crippen molar-refractivity contribution < 1.29 is 0 Å². The highest BCUT2D eigenvalue weighted by Crippen LogP contribution is 2.28. The Labute approximate surface area is 116 Å². The van der Waals surface area contributed by atoms with E-state index >= 15 is 0 Å². The molecule has 1 atom stereocenters. The van der Waals surface area contributed by atoms with E-state index in [-0.39, 0.29) is 6.04 Å². The molecule has 2 N–H and O–H groups in total. The largest absolute Gasteiger partial charge is 0.329 e. The van der Waals surface area contributed by atoms with Gasteiger partial charge in [-0.15, -0.1) is 11.3 Å². The van der Waals surface area contributed by atoms with Gasteiger partial charge in [-0.1, -0.05) is 11.6 Å². The average Bonchev–Trinajstić information content (AvgIpc) is 2.89. The van der Waals surface area contributed by atoms with E-state index < -0.39 is 0 Å². The molecule has 18 heavy (non-hydrogen) atoms. The number of nitrogens with zero attached hydrogens (tertiary/aromatic N) is 3. The topological polar surface area (TPSA) is 47.1 Å². The smallest absolute Gasteiger partial charge is 0.0565 e. The molecule has 2 aromatic heterocycles. The molecule has 6 heteroatoms. The van der Waals surface area contributed by atoms with E-state index in [1.165, 1.54) is 10.4 Å². The third-order valence-electron chi connectivity index (χ3n) is 2.86. The number of likely N-dealkylation sites (N-methyl/N-ethyl adjacent to an activating group) is 1. The lowest BCUT2D eigenvalue weighted by molar-refractivity contribution is 0.245. The fourth-order valence-corrected chi connectivity index (χ4v) is 3.23. The summed E-state index contributed by atoms with van der Waals surface area (Å²) in [4.78, 5) is 3.42. The van der Waals surface area contributed by atoms with Gasteiger partial charge in [0.25, 0.3) is 0 Å². The first kappa shape index (κ1) is 13.5. The molecule has 4 nitrogen and oxygen atoms in total. The summed E-state index contributed by atoms with van der Waals surface area (Å²) in [6.45, 7) is 1.40. The zero-order chi connectivity index (χ0) is 13.1. The molecule has 2 heterocycles. The molecule has 0 bridgehead atoms. The molecule has 0 aliphatic heterocycles. The molecule has 2 rings (SSSR count). The summed E-state index contributed by atoms with van der Waals surface area (Å²) < 4.78 is 1.81. The lowest BCUT2D eigenvalue weighted by Crippen LogP contribution is -2.29. The van der Waals surface area contributed by atoms with Gasteiger partial charge >= 0.3 is 0 Å². The van der Waals surface area contributed by atoms with Gasteiger partial charge < -0.3 is 5.73 Å². The van der Waals surface area contributed by atoms with Crippen LogP contribution in [0.3, 0.4) is 0 Å². The number of thiophene rings is 1. The Kier molecular flexibility index (Phi) is 4.40. The monoisotopic (exact) mass is 284 g/mol. The van der Waals surface area contributed by atoms with Gasteiger partial charge in [0.15, 0.2) is 0 Å². The fraction of sp³-hybridized carbons (Fsp3) is 0.417. The highest BCUT2D eigenvalue weighted by Gasteiger charge is 2.17. The summed E-state index contributed by atoms with van der Waals surface area (Å²) in [5.74, 6) is 0. The first-order chi connectivity index (χ1) is 8.60. The minimum Gasteiger partial charge on any atom is -0.329 e. The lowest BCUT2D eigenvalue weighted by atomic mass is 10.2. The molecule has 0 amide bonds. The van der Waals surface area contributed by atoms with Crippen molar-refractivity contribution in [3.8, 4) is 0 Å². The van der Waals surface area contributed by atoms with Crippen molar-refractivity contribution in [3.63, 3.8) is 0 Å². The van der Waals surface area contributed by atoms with Gasteiger partial charge in [0.2, 0.25) is 0 Å². The van der Waals surface area contributed by atoms with Crippen LogP contribution in [0.15, 0.2) is 23.8 Å². The summed E-state index contributed by atoms with van der Waals surface area (Å²) in [6.07, 6.45) is 3.90. The van der Waals surface area contributed by atoms with Crippen LogP contribution in [-0.2, 0) is 13.6 Å². The fourth-order valence-electron chi connectivity index (χ4n) is 1.97. The minimum atomic E-state index is 0.197. The number of halogens is 1. The number of hydrogen-bond donors (Lipinski definition) is 1. The summed E-state index contributed by atoms with van der Waals surface area (Å²) in [7, 11) is 3.99. The maximum absolute atomic E-state index is 5.97. The van der Waals surface area contributed by atoms with Crippen LogP contribution < -0.4 is 5.73 Å². The molecule has 0 saturated heterocycles. The van der Waals surface area contributed by atoms with Crippen molar-refractivity contribution in [2.75, 3.05) is 13.6 Å². The molecule has 2 aromatic rings. The first-order valence-electron chi connectivity index (χ1n) is 5.72. The van der Waals surface area contributed by atoms with Gasteiger partial charge in [0, 0.05) is 42.2 Å². The number of aryl methyl sites for hydroxylation is 1. The minimum absolute atomic E-state index is 0.197. The Morgan fingerprint density at radius 1 is 1.61 bits per heavy atom. The standard InChI is InChI=1S/C12H17ClN4S/c1-16(6-9-5-15-17(2)7-9)11(4-14)12-3-10(13)8-18-12/h3,5,7-8,11H,4,6,14H2,1-2H3. The third kappa shape index (κ3) is 3.11. The van der Waals surface area contributed by atoms with Crippen molar-refractivity contribution in [2.45, 2.75) is 12.6 Å². The molecule has 0 aromatic carbocycles. The van der Waals surface area contributed by atoms with E-state index in [0.717, 1.165) is 11.6 Å². The molecular weight excluding hydrogens is 268 g/mol. The third-order valence-corrected chi connectivity index (χ3v) is 4.24. The van der Waals surface area contributed by atoms with Crippen LogP contribution in [0.2, 0.25) is 5.02 Å². The summed E-state index contributed by atoms with van der Waals surface area (Å²) >= 11 is 7.62. The molecule has 0 spiro atoms. The Hall–Kier alpha value is -0.880. The molecule has 98 valence electrons. The van der Waals surface area contributed by atoms with Crippen LogP contribution in [0, 0.1) is 0 Å². The lowest BCUT2D eigenvalue weighted by Gasteiger charge is -2.25. The molecule has 0 radical (unpaired) electrons. The van der Waals surface area contributed by atoms with Gasteiger partial charge in [-0.3, -0.25) is 9.58 Å². The normalized spacial score (nSPS) is 13.2. The molecular formula is C12H17ClN4S. The van der Waals surface area contributed by atoms with Crippen LogP contribution >= 0.6 is 22.9 Å². The number of hydrogen-bond acceptors (Lipinski definition) is 4. The first-order valence-corrected chi connectivity index (χ1v) is 6.97. The van der Waals surface area contributed by atoms with Crippen molar-refractivity contribution >= 4 is 22.9 Å². The van der Waals surface area contributed by atoms with Crippen molar-refractivity contribution in [3.05, 3.63) is 39.3 Å². The van der Waals surface area contributed by atoms with Crippen molar-refractivity contribution in [1.82, 2.24) is 14.7 Å². The Bertz CT molecular complexity index is 508. The van der Waals surface area contributed by atoms with Gasteiger partial charge in [-0.05, 0) is 13.1 Å². The van der Waals surface area contributed by atoms with E-state index in [1.54, 1.807) is 11.3 Å². The van der Waals surface area contributed by atoms with Crippen LogP contribution in [0.25, 0.3) is 0 Å². The average molecular weight is 285 g/mol. The van der Waals surface area contributed by atoms with Crippen LogP contribution in [0.1, 0.15) is 16.5 Å². The van der Waals surface area contributed by atoms with Crippen LogP contribution in [0.4, 0.5) is 0 Å². The van der Waals surface area contributed by atoms with Crippen LogP contribution in [0.5, 0.6) is 0 Å². The number of aromatic nitrogens is 2. The van der Waals surface area contributed by atoms with E-state index in [1.807, 2.05) is 35.6 Å². The quantitative estimate of drug-likeness (QED) is 0.916. The predicted octanol–water partition coefficient (Wildman–Crippen LogP) is 2.27. The van der Waals surface area contributed by atoms with Gasteiger partial charge in [0.05, 0.1) is 17.3 Å². The summed E-state index contributed by atoms with van der Waals surface area (Å²) in [5, 5.41) is 6.89. The summed E-state index contributed by atoms with van der Waals surface area (Å²) in [5.41, 5.74) is 7.06. The number of rotatable bonds is 5. The maximum Gasteiger partial charge on any atom is 0.0565 e. The van der Waals surface area contributed by atoms with Crippen LogP contribution in [-0.4, -0.2) is 28.3 Å². The molecule has 0 saturated carbocycles. The van der Waals surface area contributed by atoms with Gasteiger partial charge in [-0.25, -0.2) is 0 Å². The Morgan fingerprint density at radius 3 is 2.89 bits per heavy atom. The Morgan fingerprint density at radius 2 is 2.39 bits per heavy atom. The van der Waals surface area contributed by atoms with E-state index in [4.69, 9.17) is 17.3 Å². The molecule has 0 aliphatic carbocycles. The predicted molar refractivity (Wildman–Crippen MR) is 75.8 cm³/mol. The SMILES string of the molecule is CN(Cc1cnn(C)c1)C(CN)c1cc(Cl)cs1. The Balaban J connectivity index is 2.08. The number of nitrogens with two attached hydrogens (primary N) is 1. The van der Waals surface area contributed by atoms with Gasteiger partial charge in [-0.2, -0.15) is 5.10 Å². The second-order valence-electron chi connectivity index (χ2n) is 4.36. The second-order valence-corrected chi connectivity index (χ2v) is 5.74. The maximum atomic E-state index is 5.97. The van der Waals surface area contributed by atoms with E-state index in [9.17, 15) is 0 Å². The highest BCUT2D eigenvalue weighted by atomic mass is 35.5. The second kappa shape index (κ2) is 5.84. The van der Waals surface area contributed by atoms with Crippen molar-refractivity contribution in [1.29, 1.82) is 0 Å². The zero-order valence-electron chi connectivity index (χ0n) is 10.5. The van der Waals surface area contributed by atoms with E-state index in [2.05, 4.69) is 17.0 Å². The molecule has 0 fully saturated rings. The van der Waals surface area contributed by atoms with Crippen molar-refractivity contribution in [2.24, 2.45) is 12.8 Å². The summed E-state index contributed by atoms with van der Waals surface area (Å²) in [6, 6.07) is 2.19. The van der Waals surface area contributed by atoms with Gasteiger partial charge in [0.1, 0.15) is 0 Å². The molecule has 1 unspecified atom stereocenters.